The second-order valence-electron chi connectivity index (χ2n) is 16.3. The molecule has 4 aliphatic rings. The average Bonchev–Trinajstić information content (AvgIpc) is 3.64. The molecule has 1 aliphatic heterocycles. The number of nitrogens with zero attached hydrogens (tertiary/aromatic N) is 1. The second kappa shape index (κ2) is 9.29. The lowest BCUT2D eigenvalue weighted by atomic mass is 9.39. The minimum atomic E-state index is -0.604. The zero-order valence-electron chi connectivity index (χ0n) is 25.9. The lowest BCUT2D eigenvalue weighted by Crippen LogP contribution is -2.60. The van der Waals surface area contributed by atoms with Crippen LogP contribution in [0.4, 0.5) is 0 Å². The highest BCUT2D eigenvalue weighted by Gasteiger charge is 2.64. The Kier molecular flexibility index (Phi) is 7.21. The molecule has 2 saturated carbocycles. The van der Waals surface area contributed by atoms with Gasteiger partial charge in [0.1, 0.15) is 11.9 Å². The van der Waals surface area contributed by atoms with E-state index >= 15 is 0 Å². The summed E-state index contributed by atoms with van der Waals surface area (Å²) < 4.78 is 6.03. The summed E-state index contributed by atoms with van der Waals surface area (Å²) in [5.74, 6) is 1.00. The fourth-order valence-electron chi connectivity index (χ4n) is 9.88. The normalized spacial score (nSPS) is 42.0. The van der Waals surface area contributed by atoms with Gasteiger partial charge in [0.2, 0.25) is 0 Å². The maximum Gasteiger partial charge on any atom is 0.178 e. The van der Waals surface area contributed by atoms with Crippen LogP contribution in [0.3, 0.4) is 0 Å². The largest absolute Gasteiger partial charge is 0.373 e. The van der Waals surface area contributed by atoms with E-state index in [-0.39, 0.29) is 50.6 Å². The molecule has 0 radical (unpaired) electrons. The Morgan fingerprint density at radius 3 is 2.29 bits per heavy atom. The minimum absolute atomic E-state index is 0.0120. The van der Waals surface area contributed by atoms with Crippen molar-refractivity contribution < 1.29 is 14.3 Å². The van der Waals surface area contributed by atoms with E-state index in [1.807, 2.05) is 19.9 Å². The zero-order chi connectivity index (χ0) is 28.5. The van der Waals surface area contributed by atoms with Gasteiger partial charge < -0.3 is 9.53 Å². The molecule has 0 bridgehead atoms. The van der Waals surface area contributed by atoms with Gasteiger partial charge in [0.15, 0.2) is 5.78 Å². The van der Waals surface area contributed by atoms with Crippen molar-refractivity contribution in [2.45, 2.75) is 127 Å². The molecule has 3 aliphatic carbocycles. The summed E-state index contributed by atoms with van der Waals surface area (Å²) in [7, 11) is 0. The van der Waals surface area contributed by atoms with Gasteiger partial charge in [-0.2, -0.15) is 5.26 Å². The van der Waals surface area contributed by atoms with Crippen LogP contribution in [0.15, 0.2) is 11.6 Å². The number of ketones is 2. The molecule has 4 nitrogen and oxygen atoms in total. The van der Waals surface area contributed by atoms with E-state index in [0.29, 0.717) is 23.9 Å². The van der Waals surface area contributed by atoms with Gasteiger partial charge in [0, 0.05) is 17.3 Å². The molecule has 1 heterocycles. The first kappa shape index (κ1) is 29.5. The molecule has 7 atom stereocenters. The van der Waals surface area contributed by atoms with Gasteiger partial charge in [-0.3, -0.25) is 4.79 Å². The van der Waals surface area contributed by atoms with E-state index in [9.17, 15) is 14.9 Å². The number of Topliss-reactive ketones (excluding diaryl/α,β-unsaturated/α-hetero) is 2. The van der Waals surface area contributed by atoms with Crippen molar-refractivity contribution in [1.29, 1.82) is 5.26 Å². The molecule has 212 valence electrons. The fraction of sp³-hybridized carbons (Fsp3) is 0.853. The SMILES string of the molecule is CC(=O)C[C@@H]1[C@@]2(C)C=C(C#N)C(=O)C(C)(C)[C@@H]2CC[C@@]1(C)C(C)(C)CC[C@@]1(C2CO2)CCC(C)(C)CC1C. The Bertz CT molecular complexity index is 1060. The molecule has 1 saturated heterocycles. The summed E-state index contributed by atoms with van der Waals surface area (Å²) >= 11 is 0. The Morgan fingerprint density at radius 2 is 1.76 bits per heavy atom. The number of fused-ring (bicyclic) bond motifs is 1. The highest BCUT2D eigenvalue weighted by atomic mass is 16.6. The van der Waals surface area contributed by atoms with Crippen molar-refractivity contribution in [2.24, 2.45) is 50.2 Å². The molecule has 4 heteroatoms. The number of carbonyl (C=O) groups excluding carboxylic acids is 2. The van der Waals surface area contributed by atoms with Gasteiger partial charge in [0.05, 0.1) is 18.3 Å². The number of carbonyl (C=O) groups is 2. The number of nitriles is 1. The van der Waals surface area contributed by atoms with Crippen molar-refractivity contribution in [3.05, 3.63) is 11.6 Å². The summed E-state index contributed by atoms with van der Waals surface area (Å²) in [6.45, 7) is 23.5. The Balaban J connectivity index is 1.70. The maximum atomic E-state index is 13.3. The summed E-state index contributed by atoms with van der Waals surface area (Å²) in [6.07, 6.45) is 10.8. The maximum absolute atomic E-state index is 13.3. The van der Waals surface area contributed by atoms with E-state index in [1.165, 1.54) is 19.3 Å². The van der Waals surface area contributed by atoms with Gasteiger partial charge in [-0.25, -0.2) is 0 Å². The van der Waals surface area contributed by atoms with Crippen LogP contribution in [-0.4, -0.2) is 24.3 Å². The van der Waals surface area contributed by atoms with Gasteiger partial charge in [-0.1, -0.05) is 68.4 Å². The molecule has 3 fully saturated rings. The van der Waals surface area contributed by atoms with Crippen LogP contribution in [0.2, 0.25) is 0 Å². The van der Waals surface area contributed by atoms with Gasteiger partial charge in [-0.05, 0) is 91.3 Å². The number of rotatable bonds is 7. The number of hydrogen-bond acceptors (Lipinski definition) is 4. The third kappa shape index (κ3) is 4.53. The summed E-state index contributed by atoms with van der Waals surface area (Å²) in [5.41, 5.74) is -0.164. The number of allylic oxidation sites excluding steroid dienone is 2. The molecule has 0 aromatic heterocycles. The van der Waals surface area contributed by atoms with E-state index in [2.05, 4.69) is 54.5 Å². The predicted molar refractivity (Wildman–Crippen MR) is 152 cm³/mol. The topological polar surface area (TPSA) is 70.5 Å². The van der Waals surface area contributed by atoms with E-state index in [4.69, 9.17) is 4.74 Å². The van der Waals surface area contributed by atoms with Gasteiger partial charge in [0.25, 0.3) is 0 Å². The average molecular weight is 524 g/mol. The first-order valence-electron chi connectivity index (χ1n) is 15.2. The van der Waals surface area contributed by atoms with Crippen molar-refractivity contribution in [2.75, 3.05) is 6.61 Å². The van der Waals surface area contributed by atoms with Crippen LogP contribution >= 0.6 is 0 Å². The standard InChI is InChI=1S/C34H53NO3/c1-22-18-29(3,4)13-15-34(22,27-21-38-27)16-14-30(5,6)33(10)12-11-25-31(7,8)28(37)24(20-35)19-32(25,9)26(33)17-23(2)36/h19,22,25-27H,11-18,21H2,1-10H3/t22?,25-,26+,27?,32-,33+,34-/m0/s1. The molecule has 0 amide bonds. The summed E-state index contributed by atoms with van der Waals surface area (Å²) in [6, 6.07) is 2.22. The summed E-state index contributed by atoms with van der Waals surface area (Å²) in [4.78, 5) is 26.1. The van der Waals surface area contributed by atoms with Crippen LogP contribution in [-0.2, 0) is 14.3 Å². The van der Waals surface area contributed by atoms with Crippen molar-refractivity contribution in [3.63, 3.8) is 0 Å². The molecule has 2 unspecified atom stereocenters. The molecule has 4 rings (SSSR count). The van der Waals surface area contributed by atoms with Crippen molar-refractivity contribution in [1.82, 2.24) is 0 Å². The highest BCUT2D eigenvalue weighted by molar-refractivity contribution is 6.04. The smallest absolute Gasteiger partial charge is 0.178 e. The third-order valence-corrected chi connectivity index (χ3v) is 12.8. The first-order valence-corrected chi connectivity index (χ1v) is 15.2. The monoisotopic (exact) mass is 523 g/mol. The molecule has 0 aromatic rings. The van der Waals surface area contributed by atoms with Crippen LogP contribution in [0.1, 0.15) is 121 Å². The number of hydrogen-bond donors (Lipinski definition) is 0. The summed E-state index contributed by atoms with van der Waals surface area (Å²) in [5, 5.41) is 9.92. The van der Waals surface area contributed by atoms with Crippen LogP contribution in [0.25, 0.3) is 0 Å². The Hall–Kier alpha value is -1.47. The van der Waals surface area contributed by atoms with Gasteiger partial charge >= 0.3 is 0 Å². The predicted octanol–water partition coefficient (Wildman–Crippen LogP) is 8.10. The fourth-order valence-corrected chi connectivity index (χ4v) is 9.88. The lowest BCUT2D eigenvalue weighted by Gasteiger charge is -2.64. The number of epoxide rings is 1. The molecular formula is C34H53NO3. The van der Waals surface area contributed by atoms with Crippen molar-refractivity contribution in [3.8, 4) is 6.07 Å². The van der Waals surface area contributed by atoms with E-state index < -0.39 is 5.41 Å². The van der Waals surface area contributed by atoms with Crippen LogP contribution in [0, 0.1) is 61.6 Å². The lowest BCUT2D eigenvalue weighted by molar-refractivity contribution is -0.156. The Morgan fingerprint density at radius 1 is 1.13 bits per heavy atom. The molecule has 0 aromatic carbocycles. The van der Waals surface area contributed by atoms with E-state index in [1.54, 1.807) is 6.92 Å². The third-order valence-electron chi connectivity index (χ3n) is 12.8. The van der Waals surface area contributed by atoms with Crippen molar-refractivity contribution >= 4 is 11.6 Å². The second-order valence-corrected chi connectivity index (χ2v) is 16.3. The minimum Gasteiger partial charge on any atom is -0.373 e. The molecule has 38 heavy (non-hydrogen) atoms. The zero-order valence-corrected chi connectivity index (χ0v) is 25.9. The molecule has 0 N–H and O–H groups in total. The highest BCUT2D eigenvalue weighted by Crippen LogP contribution is 2.68. The number of ether oxygens (including phenoxy) is 1. The first-order chi connectivity index (χ1) is 17.4. The van der Waals surface area contributed by atoms with Crippen LogP contribution < -0.4 is 0 Å². The van der Waals surface area contributed by atoms with E-state index in [0.717, 1.165) is 32.3 Å². The van der Waals surface area contributed by atoms with Gasteiger partial charge in [-0.15, -0.1) is 0 Å². The quantitative estimate of drug-likeness (QED) is 0.316. The molecule has 0 spiro atoms. The van der Waals surface area contributed by atoms with Crippen LogP contribution in [0.5, 0.6) is 0 Å². The Labute approximate surface area is 232 Å². The molecular weight excluding hydrogens is 470 g/mol.